The predicted molar refractivity (Wildman–Crippen MR) is 128 cm³/mol. The van der Waals surface area contributed by atoms with E-state index in [-0.39, 0.29) is 28.6 Å². The molecule has 5 aliphatic rings. The molecular weight excluding hydrogens is 412 g/mol. The second-order valence-corrected chi connectivity index (χ2v) is 11.5. The molecule has 5 nitrogen and oxygen atoms in total. The summed E-state index contributed by atoms with van der Waals surface area (Å²) in [6.45, 7) is 2.41. The smallest absolute Gasteiger partial charge is 0.0958 e. The molecule has 8 atom stereocenters. The third-order valence-corrected chi connectivity index (χ3v) is 9.82. The van der Waals surface area contributed by atoms with Gasteiger partial charge in [0.1, 0.15) is 0 Å². The Bertz CT molecular complexity index is 1030. The van der Waals surface area contributed by atoms with Gasteiger partial charge in [-0.25, -0.2) is 0 Å². The highest BCUT2D eigenvalue weighted by Crippen LogP contribution is 2.68. The van der Waals surface area contributed by atoms with Gasteiger partial charge in [0.05, 0.1) is 23.4 Å². The molecule has 3 fully saturated rings. The van der Waals surface area contributed by atoms with Crippen LogP contribution in [0.5, 0.6) is 0 Å². The molecule has 0 radical (unpaired) electrons. The molecular formula is C28H36N2O3. The number of nitrogens with zero attached hydrogens (tertiary/aromatic N) is 2. The number of pyridine rings is 1. The lowest BCUT2D eigenvalue weighted by molar-refractivity contribution is -0.238. The number of fused-ring (bicyclic) bond motifs is 1. The van der Waals surface area contributed by atoms with Crippen molar-refractivity contribution in [3.8, 4) is 0 Å². The van der Waals surface area contributed by atoms with Crippen LogP contribution >= 0.6 is 0 Å². The zero-order valence-corrected chi connectivity index (χ0v) is 19.9. The number of rotatable bonds is 3. The number of aliphatic hydroxyl groups is 2. The first-order valence-electron chi connectivity index (χ1n) is 12.5. The Hall–Kier alpha value is -1.79. The minimum atomic E-state index is -0.740. The summed E-state index contributed by atoms with van der Waals surface area (Å²) in [6, 6.07) is 3.99. The lowest BCUT2D eigenvalue weighted by atomic mass is 9.57. The van der Waals surface area contributed by atoms with Crippen molar-refractivity contribution in [3.05, 3.63) is 59.5 Å². The van der Waals surface area contributed by atoms with Crippen LogP contribution in [0.2, 0.25) is 0 Å². The van der Waals surface area contributed by atoms with Gasteiger partial charge in [-0.2, -0.15) is 0 Å². The van der Waals surface area contributed by atoms with Crippen LogP contribution in [0.4, 0.5) is 0 Å². The van der Waals surface area contributed by atoms with Gasteiger partial charge < -0.3 is 19.8 Å². The quantitative estimate of drug-likeness (QED) is 0.690. The second-order valence-electron chi connectivity index (χ2n) is 11.5. The Morgan fingerprint density at radius 2 is 2.00 bits per heavy atom. The molecule has 1 aromatic heterocycles. The minimum absolute atomic E-state index is 0.0192. The molecule has 3 heterocycles. The molecule has 1 saturated carbocycles. The molecule has 2 N–H and O–H groups in total. The Labute approximate surface area is 196 Å². The zero-order valence-electron chi connectivity index (χ0n) is 19.9. The van der Waals surface area contributed by atoms with Crippen molar-refractivity contribution >= 4 is 6.08 Å². The minimum Gasteiger partial charge on any atom is -0.390 e. The standard InChI is InChI=1S/C28H36N2O3/c1-26-11-10-20-15-21-24(31)25(32)22(30(2)3)16-27(21)12-13-28(20,33-27)23(26)9-8-19(26)7-6-18-5-4-14-29-17-18/h4-8,10,14,17,21-25,31-32H,9,11-13,15-16H2,1-3H3. The number of hydrogen-bond acceptors (Lipinski definition) is 5. The molecule has 0 aromatic carbocycles. The maximum absolute atomic E-state index is 11.1. The van der Waals surface area contributed by atoms with E-state index in [0.717, 1.165) is 44.1 Å². The molecule has 2 spiro atoms. The number of hydrogen-bond donors (Lipinski definition) is 2. The van der Waals surface area contributed by atoms with Gasteiger partial charge in [-0.1, -0.05) is 37.3 Å². The van der Waals surface area contributed by atoms with E-state index >= 15 is 0 Å². The molecule has 3 aliphatic carbocycles. The van der Waals surface area contributed by atoms with Crippen LogP contribution in [0.25, 0.3) is 6.08 Å². The van der Waals surface area contributed by atoms with E-state index in [0.29, 0.717) is 5.92 Å². The summed E-state index contributed by atoms with van der Waals surface area (Å²) < 4.78 is 7.24. The summed E-state index contributed by atoms with van der Waals surface area (Å²) in [4.78, 5) is 6.30. The Morgan fingerprint density at radius 3 is 2.76 bits per heavy atom. The number of allylic oxidation sites excluding steroid dienone is 4. The van der Waals surface area contributed by atoms with Crippen LogP contribution in [0.3, 0.4) is 0 Å². The van der Waals surface area contributed by atoms with Crippen molar-refractivity contribution in [1.82, 2.24) is 9.88 Å². The van der Waals surface area contributed by atoms with Gasteiger partial charge in [-0.15, -0.1) is 0 Å². The molecule has 2 aliphatic heterocycles. The van der Waals surface area contributed by atoms with Crippen LogP contribution in [0.1, 0.15) is 51.0 Å². The maximum atomic E-state index is 11.1. The molecule has 1 aromatic rings. The van der Waals surface area contributed by atoms with E-state index in [9.17, 15) is 10.2 Å². The van der Waals surface area contributed by atoms with E-state index in [1.54, 1.807) is 0 Å². The highest BCUT2D eigenvalue weighted by molar-refractivity contribution is 5.55. The SMILES string of the molecule is CN(C)C1CC23CCC4(O2)C(=CCC2(C)C(C=Cc5cccnc5)=CCC24)CC3C(O)C1O. The van der Waals surface area contributed by atoms with Crippen molar-refractivity contribution in [3.63, 3.8) is 0 Å². The van der Waals surface area contributed by atoms with E-state index in [4.69, 9.17) is 4.74 Å². The van der Waals surface area contributed by atoms with Gasteiger partial charge in [-0.05, 0) is 75.4 Å². The van der Waals surface area contributed by atoms with Gasteiger partial charge in [0, 0.05) is 35.7 Å². The van der Waals surface area contributed by atoms with Crippen LogP contribution in [-0.4, -0.2) is 63.6 Å². The second kappa shape index (κ2) is 7.35. The Balaban J connectivity index is 1.33. The van der Waals surface area contributed by atoms with Crippen LogP contribution in [0, 0.1) is 17.3 Å². The molecule has 33 heavy (non-hydrogen) atoms. The molecule has 2 bridgehead atoms. The summed E-state index contributed by atoms with van der Waals surface area (Å²) in [6.07, 6.45) is 17.2. The lowest BCUT2D eigenvalue weighted by Crippen LogP contribution is -2.66. The van der Waals surface area contributed by atoms with E-state index < -0.39 is 12.2 Å². The van der Waals surface area contributed by atoms with Crippen LogP contribution in [0.15, 0.2) is 53.9 Å². The van der Waals surface area contributed by atoms with Crippen molar-refractivity contribution in [2.24, 2.45) is 17.3 Å². The van der Waals surface area contributed by atoms with Crippen molar-refractivity contribution < 1.29 is 14.9 Å². The molecule has 2 saturated heterocycles. The fourth-order valence-electron chi connectivity index (χ4n) is 7.98. The van der Waals surface area contributed by atoms with Crippen molar-refractivity contribution in [1.29, 1.82) is 0 Å². The first-order chi connectivity index (χ1) is 15.8. The van der Waals surface area contributed by atoms with Crippen molar-refractivity contribution in [2.45, 2.75) is 74.9 Å². The summed E-state index contributed by atoms with van der Waals surface area (Å²) in [5, 5.41) is 22.0. The average Bonchev–Trinajstić information content (AvgIpc) is 3.31. The highest BCUT2D eigenvalue weighted by Gasteiger charge is 2.69. The summed E-state index contributed by atoms with van der Waals surface area (Å²) in [5.41, 5.74) is 3.38. The van der Waals surface area contributed by atoms with Crippen LogP contribution < -0.4 is 0 Å². The van der Waals surface area contributed by atoms with E-state index in [1.807, 2.05) is 32.6 Å². The molecule has 8 unspecified atom stereocenters. The summed E-state index contributed by atoms with van der Waals surface area (Å²) in [7, 11) is 3.99. The monoisotopic (exact) mass is 448 g/mol. The van der Waals surface area contributed by atoms with Crippen LogP contribution in [-0.2, 0) is 4.74 Å². The fourth-order valence-corrected chi connectivity index (χ4v) is 7.98. The first-order valence-corrected chi connectivity index (χ1v) is 12.5. The fraction of sp³-hybridized carbons (Fsp3) is 0.607. The average molecular weight is 449 g/mol. The third-order valence-electron chi connectivity index (χ3n) is 9.82. The molecule has 5 heteroatoms. The number of ether oxygens (including phenoxy) is 1. The molecule has 176 valence electrons. The highest BCUT2D eigenvalue weighted by atomic mass is 16.5. The van der Waals surface area contributed by atoms with Gasteiger partial charge in [0.25, 0.3) is 0 Å². The zero-order chi connectivity index (χ0) is 23.0. The molecule has 6 rings (SSSR count). The van der Waals surface area contributed by atoms with E-state index in [2.05, 4.69) is 47.2 Å². The topological polar surface area (TPSA) is 65.8 Å². The van der Waals surface area contributed by atoms with Gasteiger partial charge >= 0.3 is 0 Å². The predicted octanol–water partition coefficient (Wildman–Crippen LogP) is 3.74. The van der Waals surface area contributed by atoms with E-state index in [1.165, 1.54) is 11.1 Å². The lowest BCUT2D eigenvalue weighted by Gasteiger charge is -2.59. The van der Waals surface area contributed by atoms with Gasteiger partial charge in [0.15, 0.2) is 0 Å². The summed E-state index contributed by atoms with van der Waals surface area (Å²) in [5.74, 6) is 0.398. The molecule has 0 amide bonds. The normalized spacial score (nSPS) is 46.1. The first kappa shape index (κ1) is 21.7. The maximum Gasteiger partial charge on any atom is 0.0958 e. The summed E-state index contributed by atoms with van der Waals surface area (Å²) >= 11 is 0. The Morgan fingerprint density at radius 1 is 1.15 bits per heavy atom. The number of aromatic nitrogens is 1. The Kier molecular flexibility index (Phi) is 4.84. The largest absolute Gasteiger partial charge is 0.390 e. The van der Waals surface area contributed by atoms with Gasteiger partial charge in [-0.3, -0.25) is 4.98 Å². The van der Waals surface area contributed by atoms with Gasteiger partial charge in [0.2, 0.25) is 0 Å². The number of likely N-dealkylation sites (N-methyl/N-ethyl adjacent to an activating group) is 1. The number of aliphatic hydroxyl groups excluding tert-OH is 2. The van der Waals surface area contributed by atoms with Crippen molar-refractivity contribution in [2.75, 3.05) is 14.1 Å². The third kappa shape index (κ3) is 2.95.